The topological polar surface area (TPSA) is 62.6 Å². The lowest BCUT2D eigenvalue weighted by atomic mass is 9.84. The molecule has 2 saturated carbocycles. The van der Waals surface area contributed by atoms with Crippen LogP contribution in [0.15, 0.2) is 47.1 Å². The first kappa shape index (κ1) is 21.7. The number of carbonyl (C=O) groups excluding carboxylic acids is 2. The summed E-state index contributed by atoms with van der Waals surface area (Å²) in [6.45, 7) is 2.48. The van der Waals surface area contributed by atoms with E-state index in [9.17, 15) is 9.59 Å². The summed E-state index contributed by atoms with van der Waals surface area (Å²) >= 11 is 0. The van der Waals surface area contributed by atoms with Crippen LogP contribution in [0.5, 0.6) is 0 Å². The normalized spacial score (nSPS) is 21.7. The molecule has 1 N–H and O–H groups in total. The van der Waals surface area contributed by atoms with E-state index < -0.39 is 0 Å². The Kier molecular flexibility index (Phi) is 7.10. The highest BCUT2D eigenvalue weighted by Gasteiger charge is 2.31. The van der Waals surface area contributed by atoms with Crippen LogP contribution in [0.3, 0.4) is 0 Å². The predicted octanol–water partition coefficient (Wildman–Crippen LogP) is 5.38. The zero-order valence-electron chi connectivity index (χ0n) is 18.5. The summed E-state index contributed by atoms with van der Waals surface area (Å²) in [6, 6.07) is 12.0. The number of rotatable bonds is 7. The van der Waals surface area contributed by atoms with Gasteiger partial charge in [-0.15, -0.1) is 0 Å². The minimum absolute atomic E-state index is 0.0146. The first-order chi connectivity index (χ1) is 15.1. The van der Waals surface area contributed by atoms with Gasteiger partial charge in [-0.3, -0.25) is 9.59 Å². The van der Waals surface area contributed by atoms with Crippen molar-refractivity contribution >= 4 is 17.5 Å². The number of benzene rings is 1. The summed E-state index contributed by atoms with van der Waals surface area (Å²) in [5.74, 6) is 1.68. The number of nitrogens with zero attached hydrogens (tertiary/aromatic N) is 1. The standard InChI is InChI=1S/C26H34N2O3/c1-19-8-14-23(15-9-19)28(18-24-7-4-16-31-24)26(30)21-10-12-22(13-11-21)27-25(29)17-20-5-2-3-6-20/h4,7-9,14-16,20-22H,2-3,5-6,10-13,17-18H2,1H3,(H,27,29). The van der Waals surface area contributed by atoms with Gasteiger partial charge in [0.05, 0.1) is 12.8 Å². The number of aryl methyl sites for hydroxylation is 1. The van der Waals surface area contributed by atoms with Gasteiger partial charge in [0.15, 0.2) is 0 Å². The molecule has 0 unspecified atom stereocenters. The van der Waals surface area contributed by atoms with Gasteiger partial charge in [0.1, 0.15) is 5.76 Å². The van der Waals surface area contributed by atoms with Crippen LogP contribution in [0.25, 0.3) is 0 Å². The number of furan rings is 1. The lowest BCUT2D eigenvalue weighted by Gasteiger charge is -2.32. The summed E-state index contributed by atoms with van der Waals surface area (Å²) < 4.78 is 5.52. The Balaban J connectivity index is 1.34. The van der Waals surface area contributed by atoms with Crippen molar-refractivity contribution in [3.8, 4) is 0 Å². The van der Waals surface area contributed by atoms with E-state index in [0.717, 1.165) is 37.1 Å². The molecule has 0 radical (unpaired) electrons. The third kappa shape index (κ3) is 5.78. The van der Waals surface area contributed by atoms with Gasteiger partial charge in [0.25, 0.3) is 0 Å². The molecule has 2 aromatic rings. The molecule has 0 saturated heterocycles. The Labute approximate surface area is 185 Å². The fourth-order valence-corrected chi connectivity index (χ4v) is 5.05. The van der Waals surface area contributed by atoms with E-state index in [0.29, 0.717) is 18.9 Å². The van der Waals surface area contributed by atoms with Crippen molar-refractivity contribution in [2.45, 2.75) is 77.3 Å². The Bertz CT molecular complexity index is 845. The van der Waals surface area contributed by atoms with Crippen LogP contribution < -0.4 is 10.2 Å². The summed E-state index contributed by atoms with van der Waals surface area (Å²) in [6.07, 6.45) is 10.6. The van der Waals surface area contributed by atoms with E-state index in [4.69, 9.17) is 4.42 Å². The van der Waals surface area contributed by atoms with Gasteiger partial charge in [-0.1, -0.05) is 30.5 Å². The maximum absolute atomic E-state index is 13.5. The SMILES string of the molecule is Cc1ccc(N(Cc2ccco2)C(=O)C2CCC(NC(=O)CC3CCCC3)CC2)cc1. The second-order valence-corrected chi connectivity index (χ2v) is 9.31. The number of anilines is 1. The summed E-state index contributed by atoms with van der Waals surface area (Å²) in [7, 11) is 0. The first-order valence-electron chi connectivity index (χ1n) is 11.8. The molecule has 1 aromatic heterocycles. The third-order valence-corrected chi connectivity index (χ3v) is 6.90. The minimum Gasteiger partial charge on any atom is -0.467 e. The number of amides is 2. The van der Waals surface area contributed by atoms with Crippen molar-refractivity contribution in [1.29, 1.82) is 0 Å². The van der Waals surface area contributed by atoms with Crippen molar-refractivity contribution in [2.75, 3.05) is 4.90 Å². The monoisotopic (exact) mass is 422 g/mol. The van der Waals surface area contributed by atoms with Crippen molar-refractivity contribution < 1.29 is 14.0 Å². The molecule has 1 aromatic carbocycles. The molecule has 5 heteroatoms. The highest BCUT2D eigenvalue weighted by Crippen LogP contribution is 2.30. The zero-order chi connectivity index (χ0) is 21.6. The summed E-state index contributed by atoms with van der Waals surface area (Å²) in [5.41, 5.74) is 2.07. The van der Waals surface area contributed by atoms with E-state index in [-0.39, 0.29) is 23.8 Å². The molecule has 0 atom stereocenters. The molecule has 2 amide bonds. The second-order valence-electron chi connectivity index (χ2n) is 9.31. The molecular formula is C26H34N2O3. The Morgan fingerprint density at radius 1 is 1.00 bits per heavy atom. The number of nitrogens with one attached hydrogen (secondary N) is 1. The first-order valence-corrected chi connectivity index (χ1v) is 11.8. The summed E-state index contributed by atoms with van der Waals surface area (Å²) in [4.78, 5) is 27.7. The van der Waals surface area contributed by atoms with Gasteiger partial charge >= 0.3 is 0 Å². The van der Waals surface area contributed by atoms with E-state index in [1.807, 2.05) is 48.2 Å². The fourth-order valence-electron chi connectivity index (χ4n) is 5.05. The fraction of sp³-hybridized carbons (Fsp3) is 0.538. The van der Waals surface area contributed by atoms with Crippen molar-refractivity contribution in [3.63, 3.8) is 0 Å². The molecule has 2 aliphatic carbocycles. The summed E-state index contributed by atoms with van der Waals surface area (Å²) in [5, 5.41) is 3.23. The minimum atomic E-state index is -0.0146. The number of carbonyl (C=O) groups is 2. The van der Waals surface area contributed by atoms with Gasteiger partial charge in [0, 0.05) is 24.1 Å². The molecule has 166 valence electrons. The van der Waals surface area contributed by atoms with Gasteiger partial charge in [-0.2, -0.15) is 0 Å². The lowest BCUT2D eigenvalue weighted by Crippen LogP contribution is -2.42. The van der Waals surface area contributed by atoms with Gasteiger partial charge in [0.2, 0.25) is 11.8 Å². The highest BCUT2D eigenvalue weighted by atomic mass is 16.3. The third-order valence-electron chi connectivity index (χ3n) is 6.90. The Morgan fingerprint density at radius 3 is 2.35 bits per heavy atom. The maximum atomic E-state index is 13.5. The van der Waals surface area contributed by atoms with Crippen LogP contribution in [-0.4, -0.2) is 17.9 Å². The Morgan fingerprint density at radius 2 is 1.71 bits per heavy atom. The molecule has 1 heterocycles. The van der Waals surface area contributed by atoms with Crippen molar-refractivity contribution in [1.82, 2.24) is 5.32 Å². The smallest absolute Gasteiger partial charge is 0.230 e. The van der Waals surface area contributed by atoms with E-state index in [2.05, 4.69) is 5.32 Å². The van der Waals surface area contributed by atoms with Crippen LogP contribution in [0.2, 0.25) is 0 Å². The molecule has 5 nitrogen and oxygen atoms in total. The average molecular weight is 423 g/mol. The largest absolute Gasteiger partial charge is 0.467 e. The quantitative estimate of drug-likeness (QED) is 0.652. The van der Waals surface area contributed by atoms with Gasteiger partial charge < -0.3 is 14.6 Å². The van der Waals surface area contributed by atoms with Crippen LogP contribution in [0.4, 0.5) is 5.69 Å². The van der Waals surface area contributed by atoms with Crippen LogP contribution >= 0.6 is 0 Å². The van der Waals surface area contributed by atoms with Crippen molar-refractivity contribution in [3.05, 3.63) is 54.0 Å². The van der Waals surface area contributed by atoms with Gasteiger partial charge in [-0.05, 0) is 75.6 Å². The number of hydrogen-bond acceptors (Lipinski definition) is 3. The molecule has 0 bridgehead atoms. The Hall–Kier alpha value is -2.56. The van der Waals surface area contributed by atoms with Crippen LogP contribution in [-0.2, 0) is 16.1 Å². The second kappa shape index (κ2) is 10.2. The molecule has 31 heavy (non-hydrogen) atoms. The molecule has 0 aliphatic heterocycles. The molecule has 2 aliphatic rings. The van der Waals surface area contributed by atoms with E-state index >= 15 is 0 Å². The van der Waals surface area contributed by atoms with E-state index in [1.165, 1.54) is 31.2 Å². The molecule has 0 spiro atoms. The molecule has 4 rings (SSSR count). The van der Waals surface area contributed by atoms with Crippen molar-refractivity contribution in [2.24, 2.45) is 11.8 Å². The molecular weight excluding hydrogens is 388 g/mol. The highest BCUT2D eigenvalue weighted by molar-refractivity contribution is 5.95. The van der Waals surface area contributed by atoms with Gasteiger partial charge in [-0.25, -0.2) is 0 Å². The zero-order valence-corrected chi connectivity index (χ0v) is 18.5. The molecule has 2 fully saturated rings. The lowest BCUT2D eigenvalue weighted by molar-refractivity contribution is -0.124. The van der Waals surface area contributed by atoms with Crippen LogP contribution in [0, 0.1) is 18.8 Å². The number of hydrogen-bond donors (Lipinski definition) is 1. The van der Waals surface area contributed by atoms with Crippen LogP contribution in [0.1, 0.15) is 69.1 Å². The predicted molar refractivity (Wildman–Crippen MR) is 122 cm³/mol. The average Bonchev–Trinajstić information content (AvgIpc) is 3.47. The maximum Gasteiger partial charge on any atom is 0.230 e. The van der Waals surface area contributed by atoms with E-state index in [1.54, 1.807) is 6.26 Å².